The standard InChI is InChI=1S/C22H35N3O3/c1-4-25(16-22(27)28)19-10-12-24(13-11-19)15-21(26)23-20(14-17(2)3)18-8-6-5-7-9-18/h5-9,17,19-20H,4,10-16H2,1-3H3,(H,23,26)(H,27,28). The van der Waals surface area contributed by atoms with Crippen LogP contribution >= 0.6 is 0 Å². The maximum absolute atomic E-state index is 12.7. The Morgan fingerprint density at radius 2 is 1.86 bits per heavy atom. The fourth-order valence-electron chi connectivity index (χ4n) is 3.99. The van der Waals surface area contributed by atoms with Gasteiger partial charge in [0.2, 0.25) is 5.91 Å². The van der Waals surface area contributed by atoms with Crippen LogP contribution < -0.4 is 5.32 Å². The van der Waals surface area contributed by atoms with E-state index in [9.17, 15) is 9.59 Å². The topological polar surface area (TPSA) is 72.9 Å². The molecule has 0 saturated carbocycles. The van der Waals surface area contributed by atoms with Gasteiger partial charge in [0.1, 0.15) is 0 Å². The predicted octanol–water partition coefficient (Wildman–Crippen LogP) is 2.76. The molecule has 0 aliphatic carbocycles. The highest BCUT2D eigenvalue weighted by atomic mass is 16.4. The first-order chi connectivity index (χ1) is 13.4. The molecule has 0 aromatic heterocycles. The van der Waals surface area contributed by atoms with Crippen molar-refractivity contribution in [3.05, 3.63) is 35.9 Å². The van der Waals surface area contributed by atoms with E-state index in [1.807, 2.05) is 30.0 Å². The molecule has 1 aromatic carbocycles. The van der Waals surface area contributed by atoms with Crippen LogP contribution in [0.1, 0.15) is 51.6 Å². The number of hydrogen-bond acceptors (Lipinski definition) is 4. The van der Waals surface area contributed by atoms with Gasteiger partial charge in [-0.05, 0) is 37.3 Å². The summed E-state index contributed by atoms with van der Waals surface area (Å²) in [5.74, 6) is -0.220. The van der Waals surface area contributed by atoms with E-state index >= 15 is 0 Å². The van der Waals surface area contributed by atoms with E-state index in [0.29, 0.717) is 18.5 Å². The number of likely N-dealkylation sites (N-methyl/N-ethyl adjacent to an activating group) is 1. The van der Waals surface area contributed by atoms with E-state index in [1.165, 1.54) is 0 Å². The molecule has 28 heavy (non-hydrogen) atoms. The number of carbonyl (C=O) groups excluding carboxylic acids is 1. The van der Waals surface area contributed by atoms with Gasteiger partial charge in [-0.25, -0.2) is 0 Å². The second kappa shape index (κ2) is 11.2. The fourth-order valence-corrected chi connectivity index (χ4v) is 3.99. The van der Waals surface area contributed by atoms with Gasteiger partial charge >= 0.3 is 5.97 Å². The lowest BCUT2D eigenvalue weighted by Gasteiger charge is -2.37. The van der Waals surface area contributed by atoms with Gasteiger partial charge in [-0.1, -0.05) is 51.1 Å². The number of likely N-dealkylation sites (tertiary alicyclic amines) is 1. The van der Waals surface area contributed by atoms with Crippen molar-refractivity contribution in [2.24, 2.45) is 5.92 Å². The van der Waals surface area contributed by atoms with Crippen LogP contribution in [0.5, 0.6) is 0 Å². The summed E-state index contributed by atoms with van der Waals surface area (Å²) in [4.78, 5) is 27.9. The molecule has 1 unspecified atom stereocenters. The summed E-state index contributed by atoms with van der Waals surface area (Å²) in [7, 11) is 0. The Kier molecular flexibility index (Phi) is 8.93. The molecule has 2 rings (SSSR count). The van der Waals surface area contributed by atoms with E-state index in [-0.39, 0.29) is 18.5 Å². The lowest BCUT2D eigenvalue weighted by atomic mass is 9.97. The van der Waals surface area contributed by atoms with Crippen LogP contribution in [-0.2, 0) is 9.59 Å². The van der Waals surface area contributed by atoms with Crippen LogP contribution in [0.2, 0.25) is 0 Å². The van der Waals surface area contributed by atoms with Gasteiger partial charge in [-0.2, -0.15) is 0 Å². The van der Waals surface area contributed by atoms with E-state index in [0.717, 1.165) is 44.5 Å². The average molecular weight is 390 g/mol. The third kappa shape index (κ3) is 7.24. The molecule has 1 aliphatic rings. The molecular formula is C22H35N3O3. The van der Waals surface area contributed by atoms with Gasteiger partial charge in [-0.3, -0.25) is 19.4 Å². The monoisotopic (exact) mass is 389 g/mol. The van der Waals surface area contributed by atoms with E-state index < -0.39 is 5.97 Å². The largest absolute Gasteiger partial charge is 0.480 e. The Morgan fingerprint density at radius 3 is 2.39 bits per heavy atom. The summed E-state index contributed by atoms with van der Waals surface area (Å²) in [5.41, 5.74) is 1.15. The summed E-state index contributed by atoms with van der Waals surface area (Å²) in [5, 5.41) is 12.3. The van der Waals surface area contributed by atoms with Crippen LogP contribution in [0.4, 0.5) is 0 Å². The van der Waals surface area contributed by atoms with Crippen molar-refractivity contribution < 1.29 is 14.7 Å². The molecule has 1 aliphatic heterocycles. The van der Waals surface area contributed by atoms with Crippen molar-refractivity contribution in [1.82, 2.24) is 15.1 Å². The third-order valence-corrected chi connectivity index (χ3v) is 5.43. The Morgan fingerprint density at radius 1 is 1.21 bits per heavy atom. The molecule has 6 heteroatoms. The second-order valence-corrected chi connectivity index (χ2v) is 8.12. The lowest BCUT2D eigenvalue weighted by molar-refractivity contribution is -0.139. The molecule has 1 fully saturated rings. The Balaban J connectivity index is 1.85. The number of nitrogens with zero attached hydrogens (tertiary/aromatic N) is 2. The van der Waals surface area contributed by atoms with Crippen molar-refractivity contribution in [1.29, 1.82) is 0 Å². The number of amides is 1. The summed E-state index contributed by atoms with van der Waals surface area (Å²) >= 11 is 0. The average Bonchev–Trinajstić information content (AvgIpc) is 2.66. The maximum atomic E-state index is 12.7. The molecule has 6 nitrogen and oxygen atoms in total. The Labute approximate surface area is 168 Å². The zero-order valence-corrected chi connectivity index (χ0v) is 17.4. The number of carboxylic acids is 1. The van der Waals surface area contributed by atoms with Gasteiger partial charge in [0.05, 0.1) is 19.1 Å². The van der Waals surface area contributed by atoms with Crippen molar-refractivity contribution in [3.63, 3.8) is 0 Å². The summed E-state index contributed by atoms with van der Waals surface area (Å²) in [6.45, 7) is 9.23. The van der Waals surface area contributed by atoms with Gasteiger partial charge in [-0.15, -0.1) is 0 Å². The molecule has 1 heterocycles. The van der Waals surface area contributed by atoms with Crippen molar-refractivity contribution in [3.8, 4) is 0 Å². The molecule has 0 spiro atoms. The molecule has 0 radical (unpaired) electrons. The first-order valence-electron chi connectivity index (χ1n) is 10.4. The molecule has 1 amide bonds. The molecular weight excluding hydrogens is 354 g/mol. The quantitative estimate of drug-likeness (QED) is 0.644. The zero-order valence-electron chi connectivity index (χ0n) is 17.4. The molecule has 1 aromatic rings. The molecule has 2 N–H and O–H groups in total. The second-order valence-electron chi connectivity index (χ2n) is 8.12. The van der Waals surface area contributed by atoms with Crippen molar-refractivity contribution in [2.75, 3.05) is 32.7 Å². The number of rotatable bonds is 10. The zero-order chi connectivity index (χ0) is 20.5. The predicted molar refractivity (Wildman–Crippen MR) is 111 cm³/mol. The van der Waals surface area contributed by atoms with Crippen LogP contribution in [-0.4, -0.2) is 65.5 Å². The van der Waals surface area contributed by atoms with E-state index in [2.05, 4.69) is 36.2 Å². The number of piperidine rings is 1. The third-order valence-electron chi connectivity index (χ3n) is 5.43. The van der Waals surface area contributed by atoms with Crippen molar-refractivity contribution >= 4 is 11.9 Å². The maximum Gasteiger partial charge on any atom is 0.317 e. The molecule has 156 valence electrons. The molecule has 1 atom stereocenters. The number of carbonyl (C=O) groups is 2. The minimum Gasteiger partial charge on any atom is -0.480 e. The highest BCUT2D eigenvalue weighted by Gasteiger charge is 2.26. The number of nitrogens with one attached hydrogen (secondary N) is 1. The fraction of sp³-hybridized carbons (Fsp3) is 0.636. The number of aliphatic carboxylic acids is 1. The van der Waals surface area contributed by atoms with Crippen molar-refractivity contribution in [2.45, 2.75) is 52.1 Å². The Bertz CT molecular complexity index is 613. The van der Waals surface area contributed by atoms with Crippen LogP contribution in [0.25, 0.3) is 0 Å². The van der Waals surface area contributed by atoms with Crippen LogP contribution in [0, 0.1) is 5.92 Å². The van der Waals surface area contributed by atoms with Gasteiger partial charge < -0.3 is 10.4 Å². The number of benzene rings is 1. The molecule has 1 saturated heterocycles. The van der Waals surface area contributed by atoms with Crippen LogP contribution in [0.15, 0.2) is 30.3 Å². The molecule has 0 bridgehead atoms. The highest BCUT2D eigenvalue weighted by Crippen LogP contribution is 2.21. The lowest BCUT2D eigenvalue weighted by Crippen LogP contribution is -2.48. The van der Waals surface area contributed by atoms with Gasteiger partial charge in [0, 0.05) is 19.1 Å². The SMILES string of the molecule is CCN(CC(=O)O)C1CCN(CC(=O)NC(CC(C)C)c2ccccc2)CC1. The number of carboxylic acid groups (broad SMARTS) is 1. The number of hydrogen-bond donors (Lipinski definition) is 2. The summed E-state index contributed by atoms with van der Waals surface area (Å²) in [6.07, 6.45) is 2.73. The minimum atomic E-state index is -0.777. The van der Waals surface area contributed by atoms with E-state index in [1.54, 1.807) is 0 Å². The first-order valence-corrected chi connectivity index (χ1v) is 10.4. The summed E-state index contributed by atoms with van der Waals surface area (Å²) < 4.78 is 0. The van der Waals surface area contributed by atoms with Crippen LogP contribution in [0.3, 0.4) is 0 Å². The normalized spacial score (nSPS) is 17.0. The first kappa shape index (κ1) is 22.4. The van der Waals surface area contributed by atoms with Gasteiger partial charge in [0.15, 0.2) is 0 Å². The van der Waals surface area contributed by atoms with Gasteiger partial charge in [0.25, 0.3) is 0 Å². The highest BCUT2D eigenvalue weighted by molar-refractivity contribution is 5.78. The minimum absolute atomic E-state index is 0.0392. The smallest absolute Gasteiger partial charge is 0.317 e. The summed E-state index contributed by atoms with van der Waals surface area (Å²) in [6, 6.07) is 10.5. The van der Waals surface area contributed by atoms with E-state index in [4.69, 9.17) is 5.11 Å². The Hall–Kier alpha value is -1.92.